The first kappa shape index (κ1) is 17.4. The van der Waals surface area contributed by atoms with Gasteiger partial charge in [-0.15, -0.1) is 0 Å². The number of aromatic nitrogens is 1. The number of nitrogens with one attached hydrogen (secondary N) is 1. The van der Waals surface area contributed by atoms with Crippen molar-refractivity contribution in [2.24, 2.45) is 0 Å². The van der Waals surface area contributed by atoms with Crippen LogP contribution in [0.1, 0.15) is 26.4 Å². The molecule has 0 spiro atoms. The molecule has 6 nitrogen and oxygen atoms in total. The summed E-state index contributed by atoms with van der Waals surface area (Å²) in [5, 5.41) is 3.57. The number of fused-ring (bicyclic) bond motifs is 2. The van der Waals surface area contributed by atoms with E-state index in [0.717, 1.165) is 26.0 Å². The van der Waals surface area contributed by atoms with Crippen molar-refractivity contribution in [3.63, 3.8) is 0 Å². The average molecular weight is 424 g/mol. The highest BCUT2D eigenvalue weighted by molar-refractivity contribution is 9.10. The van der Waals surface area contributed by atoms with E-state index in [0.29, 0.717) is 16.8 Å². The van der Waals surface area contributed by atoms with Crippen LogP contribution < -0.4 is 5.32 Å². The summed E-state index contributed by atoms with van der Waals surface area (Å²) in [7, 11) is 0. The third-order valence-electron chi connectivity index (χ3n) is 4.35. The van der Waals surface area contributed by atoms with Crippen LogP contribution in [0.3, 0.4) is 0 Å². The molecule has 0 unspecified atom stereocenters. The maximum Gasteiger partial charge on any atom is 0.262 e. The number of carbonyl (C=O) groups is 3. The van der Waals surface area contributed by atoms with E-state index >= 15 is 0 Å². The Bertz CT molecular complexity index is 1090. The SMILES string of the molecule is Cc1cc(NC(=O)CN2C(=O)c3ccccc3C2=O)c2cc(Br)ccc2n1. The Balaban J connectivity index is 1.59. The first-order valence-corrected chi connectivity index (χ1v) is 9.05. The largest absolute Gasteiger partial charge is 0.324 e. The topological polar surface area (TPSA) is 79.4 Å². The van der Waals surface area contributed by atoms with Crippen LogP contribution in [0, 0.1) is 6.92 Å². The molecule has 4 rings (SSSR count). The van der Waals surface area contributed by atoms with Crippen LogP contribution in [0.25, 0.3) is 10.9 Å². The maximum absolute atomic E-state index is 12.6. The standard InChI is InChI=1S/C20H14BrN3O3/c1-11-8-17(15-9-12(21)6-7-16(15)22-11)23-18(25)10-24-19(26)13-4-2-3-5-14(13)20(24)27/h2-9H,10H2,1H3,(H,22,23,25). The Labute approximate surface area is 163 Å². The van der Waals surface area contributed by atoms with Gasteiger partial charge in [0.05, 0.1) is 22.3 Å². The molecule has 0 bridgehead atoms. The van der Waals surface area contributed by atoms with E-state index in [1.165, 1.54) is 0 Å². The summed E-state index contributed by atoms with van der Waals surface area (Å²) in [6, 6.07) is 13.9. The van der Waals surface area contributed by atoms with Gasteiger partial charge in [-0.05, 0) is 43.3 Å². The molecule has 134 valence electrons. The molecule has 2 heterocycles. The number of rotatable bonds is 3. The Morgan fingerprint density at radius 3 is 2.41 bits per heavy atom. The molecule has 1 aromatic heterocycles. The van der Waals surface area contributed by atoms with Crippen molar-refractivity contribution in [3.05, 3.63) is 69.8 Å². The molecule has 0 aliphatic carbocycles. The summed E-state index contributed by atoms with van der Waals surface area (Å²) in [4.78, 5) is 42.8. The number of amides is 3. The van der Waals surface area contributed by atoms with Gasteiger partial charge in [0.2, 0.25) is 5.91 Å². The first-order valence-electron chi connectivity index (χ1n) is 8.26. The molecule has 0 radical (unpaired) electrons. The van der Waals surface area contributed by atoms with E-state index in [1.54, 1.807) is 30.3 Å². The van der Waals surface area contributed by atoms with Gasteiger partial charge >= 0.3 is 0 Å². The zero-order valence-electron chi connectivity index (χ0n) is 14.3. The second kappa shape index (κ2) is 6.59. The van der Waals surface area contributed by atoms with Gasteiger partial charge in [-0.3, -0.25) is 24.3 Å². The molecular weight excluding hydrogens is 410 g/mol. The van der Waals surface area contributed by atoms with Gasteiger partial charge < -0.3 is 5.32 Å². The van der Waals surface area contributed by atoms with Gasteiger partial charge in [0.25, 0.3) is 11.8 Å². The summed E-state index contributed by atoms with van der Waals surface area (Å²) in [6.45, 7) is 1.49. The lowest BCUT2D eigenvalue weighted by atomic mass is 10.1. The van der Waals surface area contributed by atoms with E-state index in [2.05, 4.69) is 26.2 Å². The number of halogens is 1. The van der Waals surface area contributed by atoms with Crippen LogP contribution in [0.5, 0.6) is 0 Å². The van der Waals surface area contributed by atoms with Gasteiger partial charge in [-0.1, -0.05) is 28.1 Å². The molecule has 3 amide bonds. The molecule has 0 saturated carbocycles. The van der Waals surface area contributed by atoms with Crippen LogP contribution >= 0.6 is 15.9 Å². The summed E-state index contributed by atoms with van der Waals surface area (Å²) >= 11 is 3.42. The molecule has 1 N–H and O–H groups in total. The highest BCUT2D eigenvalue weighted by atomic mass is 79.9. The summed E-state index contributed by atoms with van der Waals surface area (Å²) < 4.78 is 0.858. The molecule has 0 fully saturated rings. The summed E-state index contributed by atoms with van der Waals surface area (Å²) in [5.74, 6) is -1.36. The van der Waals surface area contributed by atoms with Crippen LogP contribution in [0.2, 0.25) is 0 Å². The lowest BCUT2D eigenvalue weighted by molar-refractivity contribution is -0.116. The number of nitrogens with zero attached hydrogens (tertiary/aromatic N) is 2. The number of imide groups is 1. The van der Waals surface area contributed by atoms with Crippen LogP contribution in [0.4, 0.5) is 5.69 Å². The molecule has 1 aliphatic heterocycles. The number of benzene rings is 2. The van der Waals surface area contributed by atoms with E-state index < -0.39 is 17.7 Å². The number of carbonyl (C=O) groups excluding carboxylic acids is 3. The minimum absolute atomic E-state index is 0.324. The average Bonchev–Trinajstić information content (AvgIpc) is 2.87. The lowest BCUT2D eigenvalue weighted by Gasteiger charge is -2.15. The highest BCUT2D eigenvalue weighted by Gasteiger charge is 2.36. The van der Waals surface area contributed by atoms with Crippen molar-refractivity contribution in [2.45, 2.75) is 6.92 Å². The molecular formula is C20H14BrN3O3. The molecule has 7 heteroatoms. The van der Waals surface area contributed by atoms with Crippen molar-refractivity contribution < 1.29 is 14.4 Å². The molecule has 27 heavy (non-hydrogen) atoms. The molecule has 3 aromatic rings. The van der Waals surface area contributed by atoms with Crippen molar-refractivity contribution in [3.8, 4) is 0 Å². The maximum atomic E-state index is 12.6. The zero-order valence-corrected chi connectivity index (χ0v) is 15.9. The van der Waals surface area contributed by atoms with Gasteiger partial charge in [-0.2, -0.15) is 0 Å². The second-order valence-electron chi connectivity index (χ2n) is 6.26. The molecule has 1 aliphatic rings. The van der Waals surface area contributed by atoms with Gasteiger partial charge in [0, 0.05) is 15.6 Å². The van der Waals surface area contributed by atoms with E-state index in [-0.39, 0.29) is 6.54 Å². The van der Waals surface area contributed by atoms with Crippen LogP contribution in [-0.4, -0.2) is 34.2 Å². The Morgan fingerprint density at radius 2 is 1.74 bits per heavy atom. The molecule has 0 saturated heterocycles. The van der Waals surface area contributed by atoms with E-state index in [9.17, 15) is 14.4 Å². The minimum atomic E-state index is -0.454. The Morgan fingerprint density at radius 1 is 1.07 bits per heavy atom. The number of anilines is 1. The Hall–Kier alpha value is -3.06. The molecule has 2 aromatic carbocycles. The fourth-order valence-electron chi connectivity index (χ4n) is 3.15. The quantitative estimate of drug-likeness (QED) is 0.653. The second-order valence-corrected chi connectivity index (χ2v) is 7.18. The van der Waals surface area contributed by atoms with Crippen LogP contribution in [-0.2, 0) is 4.79 Å². The predicted octanol–water partition coefficient (Wildman–Crippen LogP) is 3.54. The number of hydrogen-bond acceptors (Lipinski definition) is 4. The normalized spacial score (nSPS) is 13.2. The predicted molar refractivity (Wildman–Crippen MR) is 105 cm³/mol. The third kappa shape index (κ3) is 3.10. The summed E-state index contributed by atoms with van der Waals surface area (Å²) in [6.07, 6.45) is 0. The third-order valence-corrected chi connectivity index (χ3v) is 4.85. The van der Waals surface area contributed by atoms with Crippen molar-refractivity contribution in [1.29, 1.82) is 0 Å². The van der Waals surface area contributed by atoms with E-state index in [1.807, 2.05) is 25.1 Å². The smallest absolute Gasteiger partial charge is 0.262 e. The van der Waals surface area contributed by atoms with Gasteiger partial charge in [-0.25, -0.2) is 0 Å². The minimum Gasteiger partial charge on any atom is -0.324 e. The fraction of sp³-hybridized carbons (Fsp3) is 0.100. The zero-order chi connectivity index (χ0) is 19.1. The number of hydrogen-bond donors (Lipinski definition) is 1. The first-order chi connectivity index (χ1) is 12.9. The monoisotopic (exact) mass is 423 g/mol. The number of aryl methyl sites for hydroxylation is 1. The highest BCUT2D eigenvalue weighted by Crippen LogP contribution is 2.27. The van der Waals surface area contributed by atoms with Crippen molar-refractivity contribution >= 4 is 50.2 Å². The van der Waals surface area contributed by atoms with Gasteiger partial charge in [0.15, 0.2) is 0 Å². The molecule has 0 atom stereocenters. The van der Waals surface area contributed by atoms with Crippen molar-refractivity contribution in [1.82, 2.24) is 9.88 Å². The van der Waals surface area contributed by atoms with Gasteiger partial charge in [0.1, 0.15) is 6.54 Å². The van der Waals surface area contributed by atoms with Crippen molar-refractivity contribution in [2.75, 3.05) is 11.9 Å². The summed E-state index contributed by atoms with van der Waals surface area (Å²) in [5.41, 5.74) is 2.73. The lowest BCUT2D eigenvalue weighted by Crippen LogP contribution is -2.37. The fourth-order valence-corrected chi connectivity index (χ4v) is 3.51. The van der Waals surface area contributed by atoms with E-state index in [4.69, 9.17) is 0 Å². The number of pyridine rings is 1. The Kier molecular flexibility index (Phi) is 4.24. The van der Waals surface area contributed by atoms with Crippen LogP contribution in [0.15, 0.2) is 53.0 Å².